The van der Waals surface area contributed by atoms with Crippen molar-refractivity contribution < 1.29 is 9.31 Å². The van der Waals surface area contributed by atoms with Gasteiger partial charge < -0.3 is 0 Å². The van der Waals surface area contributed by atoms with E-state index in [2.05, 4.69) is 5.10 Å². The monoisotopic (exact) mass is 235 g/mol. The number of nitrogens with zero attached hydrogens (tertiary/aromatic N) is 3. The van der Waals surface area contributed by atoms with E-state index in [4.69, 9.17) is 0 Å². The molecule has 6 heteroatoms. The van der Waals surface area contributed by atoms with Crippen LogP contribution in [0.15, 0.2) is 30.5 Å². The maximum absolute atomic E-state index is 13.1. The maximum atomic E-state index is 13.1. The molecule has 0 radical (unpaired) electrons. The van der Waals surface area contributed by atoms with E-state index in [0.29, 0.717) is 5.56 Å². The molecular formula is C11H10FN3O2. The van der Waals surface area contributed by atoms with Crippen LogP contribution in [0.4, 0.5) is 10.1 Å². The first-order valence-corrected chi connectivity index (χ1v) is 4.99. The molecule has 2 aromatic rings. The summed E-state index contributed by atoms with van der Waals surface area (Å²) >= 11 is 0. The standard InChI is InChI=1S/C11H10FN3O2/c1-8-4-5-14(13-8)7-9-6-10(12)2-3-11(9)15(16)17/h2-6H,7H2,1H3. The minimum atomic E-state index is -0.523. The number of hydrogen-bond donors (Lipinski definition) is 0. The average Bonchev–Trinajstić information content (AvgIpc) is 2.63. The highest BCUT2D eigenvalue weighted by Gasteiger charge is 2.14. The van der Waals surface area contributed by atoms with Gasteiger partial charge in [0.25, 0.3) is 5.69 Å². The highest BCUT2D eigenvalue weighted by atomic mass is 19.1. The molecule has 0 amide bonds. The van der Waals surface area contributed by atoms with Crippen molar-refractivity contribution in [2.75, 3.05) is 0 Å². The number of aryl methyl sites for hydroxylation is 1. The summed E-state index contributed by atoms with van der Waals surface area (Å²) in [5, 5.41) is 14.9. The van der Waals surface area contributed by atoms with Gasteiger partial charge in [0.2, 0.25) is 0 Å². The molecule has 5 nitrogen and oxygen atoms in total. The predicted octanol–water partition coefficient (Wildman–Crippen LogP) is 2.29. The van der Waals surface area contributed by atoms with Gasteiger partial charge in [-0.15, -0.1) is 0 Å². The van der Waals surface area contributed by atoms with E-state index in [-0.39, 0.29) is 12.2 Å². The maximum Gasteiger partial charge on any atom is 0.274 e. The minimum absolute atomic E-state index is 0.0976. The molecule has 0 N–H and O–H groups in total. The van der Waals surface area contributed by atoms with Crippen molar-refractivity contribution in [3.05, 3.63) is 57.7 Å². The van der Waals surface area contributed by atoms with E-state index in [1.807, 2.05) is 6.92 Å². The van der Waals surface area contributed by atoms with Crippen molar-refractivity contribution in [2.24, 2.45) is 0 Å². The second-order valence-corrected chi connectivity index (χ2v) is 3.68. The summed E-state index contributed by atoms with van der Waals surface area (Å²) in [6, 6.07) is 5.19. The van der Waals surface area contributed by atoms with E-state index in [1.54, 1.807) is 12.3 Å². The SMILES string of the molecule is Cc1ccn(Cc2cc(F)ccc2[N+](=O)[O-])n1. The highest BCUT2D eigenvalue weighted by Crippen LogP contribution is 2.20. The van der Waals surface area contributed by atoms with Crippen molar-refractivity contribution >= 4 is 5.69 Å². The summed E-state index contributed by atoms with van der Waals surface area (Å²) in [4.78, 5) is 10.3. The second-order valence-electron chi connectivity index (χ2n) is 3.68. The number of rotatable bonds is 3. The molecule has 0 aliphatic heterocycles. The van der Waals surface area contributed by atoms with Gasteiger partial charge in [0.1, 0.15) is 5.82 Å². The molecule has 0 aliphatic rings. The van der Waals surface area contributed by atoms with Crippen molar-refractivity contribution in [1.82, 2.24) is 9.78 Å². The number of benzene rings is 1. The van der Waals surface area contributed by atoms with Crippen molar-refractivity contribution in [1.29, 1.82) is 0 Å². The van der Waals surface area contributed by atoms with E-state index >= 15 is 0 Å². The summed E-state index contributed by atoms with van der Waals surface area (Å²) in [5.41, 5.74) is 1.02. The fraction of sp³-hybridized carbons (Fsp3) is 0.182. The fourth-order valence-corrected chi connectivity index (χ4v) is 1.58. The normalized spacial score (nSPS) is 10.5. The third-order valence-electron chi connectivity index (χ3n) is 2.34. The zero-order valence-corrected chi connectivity index (χ0v) is 9.13. The largest absolute Gasteiger partial charge is 0.274 e. The quantitative estimate of drug-likeness (QED) is 0.605. The highest BCUT2D eigenvalue weighted by molar-refractivity contribution is 5.40. The van der Waals surface area contributed by atoms with Gasteiger partial charge in [0, 0.05) is 12.3 Å². The molecule has 88 valence electrons. The topological polar surface area (TPSA) is 61.0 Å². The van der Waals surface area contributed by atoms with E-state index in [1.165, 1.54) is 10.7 Å². The summed E-state index contributed by atoms with van der Waals surface area (Å²) in [5.74, 6) is -0.491. The van der Waals surface area contributed by atoms with Crippen LogP contribution in [-0.4, -0.2) is 14.7 Å². The number of nitro benzene ring substituents is 1. The first kappa shape index (κ1) is 11.3. The number of aromatic nitrogens is 2. The van der Waals surface area contributed by atoms with Crippen LogP contribution in [0.1, 0.15) is 11.3 Å². The second kappa shape index (κ2) is 4.32. The van der Waals surface area contributed by atoms with Gasteiger partial charge in [-0.1, -0.05) is 0 Å². The molecule has 0 spiro atoms. The molecule has 17 heavy (non-hydrogen) atoms. The molecule has 1 aromatic carbocycles. The van der Waals surface area contributed by atoms with Gasteiger partial charge in [0.05, 0.1) is 22.7 Å². The summed E-state index contributed by atoms with van der Waals surface area (Å²) in [6.07, 6.45) is 1.70. The van der Waals surface area contributed by atoms with Crippen LogP contribution < -0.4 is 0 Å². The van der Waals surface area contributed by atoms with Gasteiger partial charge in [-0.2, -0.15) is 5.10 Å². The van der Waals surface area contributed by atoms with Gasteiger partial charge in [0.15, 0.2) is 0 Å². The zero-order chi connectivity index (χ0) is 12.4. The fourth-order valence-electron chi connectivity index (χ4n) is 1.58. The number of halogens is 1. The molecule has 1 aromatic heterocycles. The molecular weight excluding hydrogens is 225 g/mol. The number of nitro groups is 1. The smallest absolute Gasteiger partial charge is 0.268 e. The Kier molecular flexibility index (Phi) is 2.86. The lowest BCUT2D eigenvalue weighted by molar-refractivity contribution is -0.385. The molecule has 0 atom stereocenters. The minimum Gasteiger partial charge on any atom is -0.268 e. The van der Waals surface area contributed by atoms with Crippen molar-refractivity contribution in [3.8, 4) is 0 Å². The lowest BCUT2D eigenvalue weighted by Gasteiger charge is -2.03. The van der Waals surface area contributed by atoms with E-state index < -0.39 is 10.7 Å². The van der Waals surface area contributed by atoms with Crippen LogP contribution in [0, 0.1) is 22.9 Å². The Morgan fingerprint density at radius 3 is 2.82 bits per heavy atom. The van der Waals surface area contributed by atoms with Crippen LogP contribution in [0.25, 0.3) is 0 Å². The van der Waals surface area contributed by atoms with Gasteiger partial charge in [-0.05, 0) is 25.1 Å². The summed E-state index contributed by atoms with van der Waals surface area (Å²) in [6.45, 7) is 2.00. The van der Waals surface area contributed by atoms with Gasteiger partial charge in [-0.3, -0.25) is 14.8 Å². The first-order chi connectivity index (χ1) is 8.06. The van der Waals surface area contributed by atoms with Crippen LogP contribution in [0.5, 0.6) is 0 Å². The average molecular weight is 235 g/mol. The zero-order valence-electron chi connectivity index (χ0n) is 9.13. The van der Waals surface area contributed by atoms with Crippen LogP contribution >= 0.6 is 0 Å². The molecule has 2 rings (SSSR count). The Bertz CT molecular complexity index is 566. The van der Waals surface area contributed by atoms with Crippen LogP contribution in [-0.2, 0) is 6.54 Å². The van der Waals surface area contributed by atoms with E-state index in [9.17, 15) is 14.5 Å². The Labute approximate surface area is 96.6 Å². The molecule has 0 fully saturated rings. The van der Waals surface area contributed by atoms with Crippen LogP contribution in [0.3, 0.4) is 0 Å². The molecule has 0 saturated carbocycles. The Hall–Kier alpha value is -2.24. The van der Waals surface area contributed by atoms with Crippen LogP contribution in [0.2, 0.25) is 0 Å². The first-order valence-electron chi connectivity index (χ1n) is 4.99. The molecule has 0 aliphatic carbocycles. The lowest BCUT2D eigenvalue weighted by Crippen LogP contribution is -2.04. The summed E-state index contributed by atoms with van der Waals surface area (Å²) < 4.78 is 14.6. The van der Waals surface area contributed by atoms with Crippen molar-refractivity contribution in [2.45, 2.75) is 13.5 Å². The third kappa shape index (κ3) is 2.47. The lowest BCUT2D eigenvalue weighted by atomic mass is 10.2. The van der Waals surface area contributed by atoms with Crippen molar-refractivity contribution in [3.63, 3.8) is 0 Å². The Morgan fingerprint density at radius 2 is 2.24 bits per heavy atom. The van der Waals surface area contributed by atoms with Gasteiger partial charge >= 0.3 is 0 Å². The molecule has 0 unspecified atom stereocenters. The Balaban J connectivity index is 2.37. The Morgan fingerprint density at radius 1 is 1.47 bits per heavy atom. The molecule has 1 heterocycles. The van der Waals surface area contributed by atoms with E-state index in [0.717, 1.165) is 17.8 Å². The molecule has 0 bridgehead atoms. The van der Waals surface area contributed by atoms with Gasteiger partial charge in [-0.25, -0.2) is 4.39 Å². The predicted molar refractivity (Wildman–Crippen MR) is 59.1 cm³/mol. The molecule has 0 saturated heterocycles. The summed E-state index contributed by atoms with van der Waals surface area (Å²) in [7, 11) is 0. The number of hydrogen-bond acceptors (Lipinski definition) is 3. The third-order valence-corrected chi connectivity index (χ3v) is 2.34.